The van der Waals surface area contributed by atoms with E-state index in [9.17, 15) is 13.7 Å². The minimum atomic E-state index is -3.60. The molecule has 1 aromatic carbocycles. The van der Waals surface area contributed by atoms with Crippen LogP contribution in [0.5, 0.6) is 0 Å². The zero-order valence-corrected chi connectivity index (χ0v) is 12.1. The molecule has 0 saturated heterocycles. The Labute approximate surface area is 118 Å². The maximum Gasteiger partial charge on any atom is 0.263 e. The number of nitrogens with zero attached hydrogens (tertiary/aromatic N) is 1. The molecule has 5 nitrogen and oxygen atoms in total. The molecule has 0 radical (unpaired) electrons. The van der Waals surface area contributed by atoms with E-state index in [0.29, 0.717) is 29.0 Å². The van der Waals surface area contributed by atoms with Crippen LogP contribution in [0.25, 0.3) is 0 Å². The number of benzene rings is 1. The predicted molar refractivity (Wildman–Crippen MR) is 75.6 cm³/mol. The molecule has 0 saturated carbocycles. The number of allylic oxidation sites excluding steroid dienone is 1. The van der Waals surface area contributed by atoms with Crippen molar-refractivity contribution in [2.24, 2.45) is 0 Å². The van der Waals surface area contributed by atoms with Crippen molar-refractivity contribution in [2.45, 2.75) is 38.8 Å². The van der Waals surface area contributed by atoms with E-state index < -0.39 is 16.3 Å². The van der Waals surface area contributed by atoms with E-state index in [1.807, 2.05) is 19.1 Å². The summed E-state index contributed by atoms with van der Waals surface area (Å²) < 4.78 is 26.7. The van der Waals surface area contributed by atoms with Crippen molar-refractivity contribution in [3.8, 4) is 0 Å². The first kappa shape index (κ1) is 13.6. The maximum atomic E-state index is 12.7. The Kier molecular flexibility index (Phi) is 3.32. The highest BCUT2D eigenvalue weighted by Gasteiger charge is 2.46. The second-order valence-corrected chi connectivity index (χ2v) is 7.04. The monoisotopic (exact) mass is 295 g/mol. The fourth-order valence-electron chi connectivity index (χ4n) is 3.02. The van der Waals surface area contributed by atoms with Gasteiger partial charge in [0.25, 0.3) is 10.0 Å². The Morgan fingerprint density at radius 2 is 1.95 bits per heavy atom. The zero-order chi connectivity index (χ0) is 14.3. The van der Waals surface area contributed by atoms with Gasteiger partial charge in [-0.2, -0.15) is 0 Å². The van der Waals surface area contributed by atoms with Crippen molar-refractivity contribution in [3.63, 3.8) is 0 Å². The third kappa shape index (κ3) is 1.87. The molecule has 1 aliphatic carbocycles. The van der Waals surface area contributed by atoms with Crippen molar-refractivity contribution in [1.82, 2.24) is 0 Å². The van der Waals surface area contributed by atoms with E-state index in [0.717, 1.165) is 18.4 Å². The number of para-hydroxylation sites is 1. The molecule has 0 aromatic heterocycles. The molecule has 0 spiro atoms. The average Bonchev–Trinajstić information content (AvgIpc) is 2.68. The molecule has 0 amide bonds. The third-order valence-electron chi connectivity index (χ3n) is 3.99. The van der Waals surface area contributed by atoms with Gasteiger partial charge >= 0.3 is 0 Å². The average molecular weight is 295 g/mol. The van der Waals surface area contributed by atoms with Crippen molar-refractivity contribution < 1.29 is 18.6 Å². The van der Waals surface area contributed by atoms with Gasteiger partial charge in [0, 0.05) is 0 Å². The molecule has 1 atom stereocenters. The Morgan fingerprint density at radius 3 is 2.65 bits per heavy atom. The van der Waals surface area contributed by atoms with Crippen LogP contribution in [-0.4, -0.2) is 19.9 Å². The van der Waals surface area contributed by atoms with Crippen LogP contribution < -0.4 is 4.31 Å². The van der Waals surface area contributed by atoms with Crippen LogP contribution in [0.15, 0.2) is 34.7 Å². The lowest BCUT2D eigenvalue weighted by Gasteiger charge is -2.25. The highest BCUT2D eigenvalue weighted by molar-refractivity contribution is 7.97. The van der Waals surface area contributed by atoms with Gasteiger partial charge < -0.3 is 0 Å². The van der Waals surface area contributed by atoms with Gasteiger partial charge in [-0.3, -0.25) is 0 Å². The van der Waals surface area contributed by atoms with E-state index in [2.05, 4.69) is 4.89 Å². The second kappa shape index (κ2) is 4.87. The highest BCUT2D eigenvalue weighted by Crippen LogP contribution is 2.44. The fraction of sp³-hybridized carbons (Fsp3) is 0.429. The minimum absolute atomic E-state index is 0.422. The van der Waals surface area contributed by atoms with Crippen LogP contribution in [-0.2, 0) is 14.9 Å². The Morgan fingerprint density at radius 1 is 1.25 bits per heavy atom. The molecule has 1 aromatic rings. The summed E-state index contributed by atoms with van der Waals surface area (Å²) in [6.45, 7) is 1.84. The number of anilines is 1. The predicted octanol–water partition coefficient (Wildman–Crippen LogP) is 2.79. The normalized spacial score (nSPS) is 24.9. The van der Waals surface area contributed by atoms with Crippen molar-refractivity contribution in [1.29, 1.82) is 0 Å². The molecule has 0 fully saturated rings. The standard InChI is InChI=1S/C14H17NO4S/c1-10-6-2-4-8-12(10)15-14(19-16)11-7-3-5-9-13(11)20(15,17)18/h2,4,6,8,14,16H,3,5,7,9H2,1H3. The molecule has 20 heavy (non-hydrogen) atoms. The largest absolute Gasteiger partial charge is 0.263 e. The van der Waals surface area contributed by atoms with Gasteiger partial charge in [0.15, 0.2) is 0 Å². The molecule has 108 valence electrons. The third-order valence-corrected chi connectivity index (χ3v) is 5.99. The van der Waals surface area contributed by atoms with Gasteiger partial charge in [-0.1, -0.05) is 18.2 Å². The number of aryl methyl sites for hydroxylation is 1. The summed E-state index contributed by atoms with van der Waals surface area (Å²) in [5, 5.41) is 9.22. The molecular weight excluding hydrogens is 278 g/mol. The van der Waals surface area contributed by atoms with Crippen LogP contribution in [0, 0.1) is 6.92 Å². The zero-order valence-electron chi connectivity index (χ0n) is 11.2. The van der Waals surface area contributed by atoms with Crippen LogP contribution in [0.2, 0.25) is 0 Å². The second-order valence-electron chi connectivity index (χ2n) is 5.20. The van der Waals surface area contributed by atoms with Crippen LogP contribution in [0.4, 0.5) is 5.69 Å². The molecular formula is C14H17NO4S. The van der Waals surface area contributed by atoms with E-state index in [4.69, 9.17) is 0 Å². The molecule has 1 heterocycles. The summed E-state index contributed by atoms with van der Waals surface area (Å²) in [4.78, 5) is 4.95. The van der Waals surface area contributed by atoms with Crippen LogP contribution in [0.1, 0.15) is 31.2 Å². The summed E-state index contributed by atoms with van der Waals surface area (Å²) in [5.41, 5.74) is 2.08. The summed E-state index contributed by atoms with van der Waals surface area (Å²) in [6.07, 6.45) is 2.05. The van der Waals surface area contributed by atoms with Crippen LogP contribution in [0.3, 0.4) is 0 Å². The fourth-order valence-corrected chi connectivity index (χ4v) is 5.07. The van der Waals surface area contributed by atoms with E-state index in [1.165, 1.54) is 4.31 Å². The van der Waals surface area contributed by atoms with Gasteiger partial charge in [-0.25, -0.2) is 22.9 Å². The quantitative estimate of drug-likeness (QED) is 0.673. The lowest BCUT2D eigenvalue weighted by molar-refractivity contribution is -0.265. The molecule has 1 unspecified atom stereocenters. The van der Waals surface area contributed by atoms with E-state index >= 15 is 0 Å². The smallest absolute Gasteiger partial charge is 0.249 e. The van der Waals surface area contributed by atoms with E-state index in [1.54, 1.807) is 12.1 Å². The molecule has 0 bridgehead atoms. The van der Waals surface area contributed by atoms with Crippen molar-refractivity contribution >= 4 is 15.7 Å². The van der Waals surface area contributed by atoms with Crippen molar-refractivity contribution in [2.75, 3.05) is 4.31 Å². The lowest BCUT2D eigenvalue weighted by Crippen LogP contribution is -2.37. The highest BCUT2D eigenvalue weighted by atomic mass is 32.2. The topological polar surface area (TPSA) is 66.8 Å². The Balaban J connectivity index is 2.15. The first-order valence-corrected chi connectivity index (χ1v) is 8.13. The summed E-state index contributed by atoms with van der Waals surface area (Å²) >= 11 is 0. The van der Waals surface area contributed by atoms with Gasteiger partial charge in [-0.15, -0.1) is 0 Å². The minimum Gasteiger partial charge on any atom is -0.249 e. The number of hydrogen-bond donors (Lipinski definition) is 1. The number of sulfonamides is 1. The van der Waals surface area contributed by atoms with Gasteiger partial charge in [0.05, 0.1) is 10.6 Å². The molecule has 1 aliphatic heterocycles. The SMILES string of the molecule is Cc1ccccc1N1C(OO)C2=C(CCCC2)S1(=O)=O. The molecule has 3 rings (SSSR count). The van der Waals surface area contributed by atoms with Gasteiger partial charge in [-0.05, 0) is 49.8 Å². The molecule has 6 heteroatoms. The lowest BCUT2D eigenvalue weighted by atomic mass is 9.98. The first-order valence-electron chi connectivity index (χ1n) is 6.69. The van der Waals surface area contributed by atoms with Gasteiger partial charge in [0.1, 0.15) is 0 Å². The molecule has 2 aliphatic rings. The van der Waals surface area contributed by atoms with Gasteiger partial charge in [0.2, 0.25) is 6.23 Å². The Bertz CT molecular complexity index is 666. The van der Waals surface area contributed by atoms with Crippen LogP contribution >= 0.6 is 0 Å². The number of hydrogen-bond acceptors (Lipinski definition) is 4. The van der Waals surface area contributed by atoms with E-state index in [-0.39, 0.29) is 0 Å². The summed E-state index contributed by atoms with van der Waals surface area (Å²) in [6, 6.07) is 7.21. The Hall–Kier alpha value is -1.37. The maximum absolute atomic E-state index is 12.7. The van der Waals surface area contributed by atoms with Crippen molar-refractivity contribution in [3.05, 3.63) is 40.3 Å². The number of rotatable bonds is 2. The summed E-state index contributed by atoms with van der Waals surface area (Å²) in [7, 11) is -3.60. The molecule has 1 N–H and O–H groups in total. The first-order chi connectivity index (χ1) is 9.57. The summed E-state index contributed by atoms with van der Waals surface area (Å²) in [5.74, 6) is 0.